The Labute approximate surface area is 463 Å². The molecule has 4 nitrogen and oxygen atoms in total. The van der Waals surface area contributed by atoms with E-state index in [9.17, 15) is 0 Å². The molecule has 1 aliphatic rings. The monoisotopic (exact) mass is 1160 g/mol. The van der Waals surface area contributed by atoms with Gasteiger partial charge in [0, 0.05) is 60.7 Å². The summed E-state index contributed by atoms with van der Waals surface area (Å²) >= 11 is 0. The SMILES string of the molecule is CC(C)(C)c1cc(N2[CH-]N(c3[c-]c(C(c4[c-]c5c(cc4)c4ccccc4n5-c4cc(C(C)(c5ccccc5)c5ccccc5)ccn4)(c4ccccc4)c4ccccc4)ccc3)c3ccccc32)cc(C(C)(C)C)c1.[Pt]. The summed E-state index contributed by atoms with van der Waals surface area (Å²) in [5.41, 5.74) is 15.4. The van der Waals surface area contributed by atoms with Crippen LogP contribution in [0.1, 0.15) is 98.5 Å². The second-order valence-corrected chi connectivity index (χ2v) is 22.3. The third-order valence-corrected chi connectivity index (χ3v) is 15.7. The zero-order valence-electron chi connectivity index (χ0n) is 44.2. The van der Waals surface area contributed by atoms with E-state index in [2.05, 4.69) is 312 Å². The number of fused-ring (bicyclic) bond motifs is 4. The Morgan fingerprint density at radius 1 is 0.408 bits per heavy atom. The average Bonchev–Trinajstić information content (AvgIpc) is 4.09. The first-order valence-corrected chi connectivity index (χ1v) is 26.2. The Balaban J connectivity index is 0.00000616. The Bertz CT molecular complexity index is 3740. The van der Waals surface area contributed by atoms with Crippen LogP contribution < -0.4 is 9.80 Å². The van der Waals surface area contributed by atoms with Crippen LogP contribution in [0.3, 0.4) is 0 Å². The summed E-state index contributed by atoms with van der Waals surface area (Å²) in [5.74, 6) is 0.833. The van der Waals surface area contributed by atoms with Gasteiger partial charge in [0.05, 0.1) is 0 Å². The molecule has 0 spiro atoms. The molecule has 0 bridgehead atoms. The molecule has 5 heteroatoms. The molecule has 2 aromatic heterocycles. The number of aromatic nitrogens is 2. The van der Waals surface area contributed by atoms with Gasteiger partial charge >= 0.3 is 0 Å². The van der Waals surface area contributed by atoms with Crippen LogP contribution >= 0.6 is 0 Å². The van der Waals surface area contributed by atoms with E-state index in [0.29, 0.717) is 0 Å². The minimum Gasteiger partial charge on any atom is -0.493 e. The standard InChI is InChI=1S/C71H61N4.Pt/c1-68(2,3)57-43-58(69(4,5)6)46-60(45-57)74-49-73(64-37-22-23-38-65(64)74)59-34-24-33-55(44-59)71(52-29-16-10-17-30-52,53-31-18-11-19-32-53)56-39-40-62-61-35-20-21-36-63(61)75(66(62)47-56)67-48-54(41-42-72-67)70(7,50-25-12-8-13-26-50)51-27-14-9-15-28-51;/h8-43,45-46,48-49H,1-7H3;/q-3;. The number of pyridine rings is 1. The number of rotatable bonds is 10. The van der Waals surface area contributed by atoms with Crippen molar-refractivity contribution in [2.45, 2.75) is 70.1 Å². The van der Waals surface area contributed by atoms with E-state index in [0.717, 1.165) is 78.2 Å². The molecule has 0 N–H and O–H groups in total. The van der Waals surface area contributed by atoms with Crippen LogP contribution in [0.25, 0.3) is 27.6 Å². The summed E-state index contributed by atoms with van der Waals surface area (Å²) < 4.78 is 2.32. The van der Waals surface area contributed by atoms with Gasteiger partial charge < -0.3 is 14.4 Å². The minimum atomic E-state index is -0.857. The van der Waals surface area contributed by atoms with Gasteiger partial charge in [0.25, 0.3) is 0 Å². The molecular formula is C71H61N4Pt-3. The molecular weight excluding hydrogens is 1100 g/mol. The van der Waals surface area contributed by atoms with E-state index in [4.69, 9.17) is 4.98 Å². The van der Waals surface area contributed by atoms with Crippen LogP contribution in [0.5, 0.6) is 0 Å². The average molecular weight is 1170 g/mol. The van der Waals surface area contributed by atoms with Gasteiger partial charge in [-0.3, -0.25) is 0 Å². The van der Waals surface area contributed by atoms with Gasteiger partial charge in [-0.1, -0.05) is 205 Å². The van der Waals surface area contributed by atoms with E-state index in [1.165, 1.54) is 22.3 Å². The fourth-order valence-electron chi connectivity index (χ4n) is 11.5. The number of para-hydroxylation sites is 3. The molecule has 76 heavy (non-hydrogen) atoms. The molecule has 0 atom stereocenters. The van der Waals surface area contributed by atoms with Crippen LogP contribution in [0, 0.1) is 18.8 Å². The Morgan fingerprint density at radius 2 is 0.921 bits per heavy atom. The first-order chi connectivity index (χ1) is 36.3. The summed E-state index contributed by atoms with van der Waals surface area (Å²) in [7, 11) is 0. The predicted octanol–water partition coefficient (Wildman–Crippen LogP) is 17.5. The molecule has 3 heterocycles. The molecule has 0 fully saturated rings. The number of anilines is 4. The third kappa shape index (κ3) is 8.58. The molecule has 0 radical (unpaired) electrons. The largest absolute Gasteiger partial charge is 0.493 e. The van der Waals surface area contributed by atoms with E-state index < -0.39 is 10.8 Å². The molecule has 378 valence electrons. The zero-order chi connectivity index (χ0) is 51.5. The van der Waals surface area contributed by atoms with Crippen molar-refractivity contribution in [2.75, 3.05) is 9.80 Å². The van der Waals surface area contributed by atoms with Crippen molar-refractivity contribution in [3.8, 4) is 5.82 Å². The molecule has 0 unspecified atom stereocenters. The molecule has 0 aliphatic carbocycles. The normalized spacial score (nSPS) is 13.0. The van der Waals surface area contributed by atoms with Crippen molar-refractivity contribution in [1.29, 1.82) is 0 Å². The van der Waals surface area contributed by atoms with Crippen molar-refractivity contribution >= 4 is 44.6 Å². The molecule has 0 saturated carbocycles. The van der Waals surface area contributed by atoms with E-state index >= 15 is 0 Å². The molecule has 0 saturated heterocycles. The summed E-state index contributed by atoms with van der Waals surface area (Å²) in [6, 6.07) is 92.0. The summed E-state index contributed by atoms with van der Waals surface area (Å²) in [6.07, 6.45) is 1.97. The first kappa shape index (κ1) is 50.4. The van der Waals surface area contributed by atoms with Gasteiger partial charge in [-0.25, -0.2) is 4.98 Å². The smallest absolute Gasteiger partial charge is 0.135 e. The summed E-state index contributed by atoms with van der Waals surface area (Å²) in [6.45, 7) is 18.4. The molecule has 9 aromatic carbocycles. The zero-order valence-corrected chi connectivity index (χ0v) is 46.5. The van der Waals surface area contributed by atoms with Crippen LogP contribution in [0.15, 0.2) is 237 Å². The fourth-order valence-corrected chi connectivity index (χ4v) is 11.5. The molecule has 1 aliphatic heterocycles. The Hall–Kier alpha value is -7.78. The van der Waals surface area contributed by atoms with Crippen LogP contribution in [-0.2, 0) is 42.7 Å². The maximum Gasteiger partial charge on any atom is 0.135 e. The van der Waals surface area contributed by atoms with E-state index in [1.807, 2.05) is 6.20 Å². The van der Waals surface area contributed by atoms with Gasteiger partial charge in [-0.05, 0) is 105 Å². The van der Waals surface area contributed by atoms with Crippen molar-refractivity contribution in [1.82, 2.24) is 9.55 Å². The third-order valence-electron chi connectivity index (χ3n) is 15.7. The van der Waals surface area contributed by atoms with Crippen LogP contribution in [0.2, 0.25) is 0 Å². The minimum absolute atomic E-state index is 0. The summed E-state index contributed by atoms with van der Waals surface area (Å²) in [5, 5.41) is 2.25. The van der Waals surface area contributed by atoms with Crippen LogP contribution in [-0.4, -0.2) is 9.55 Å². The number of hydrogen-bond donors (Lipinski definition) is 0. The van der Waals surface area contributed by atoms with Crippen LogP contribution in [0.4, 0.5) is 22.7 Å². The number of benzene rings is 9. The quantitative estimate of drug-likeness (QED) is 0.101. The van der Waals surface area contributed by atoms with Crippen molar-refractivity contribution in [3.05, 3.63) is 306 Å². The van der Waals surface area contributed by atoms with Gasteiger partial charge in [0.2, 0.25) is 0 Å². The second-order valence-electron chi connectivity index (χ2n) is 22.3. The van der Waals surface area contributed by atoms with Crippen molar-refractivity contribution in [2.24, 2.45) is 0 Å². The van der Waals surface area contributed by atoms with E-state index in [1.54, 1.807) is 0 Å². The fraction of sp³-hybridized carbons (Fsp3) is 0.155. The van der Waals surface area contributed by atoms with Crippen molar-refractivity contribution < 1.29 is 21.1 Å². The molecule has 0 amide bonds. The number of hydrogen-bond acceptors (Lipinski definition) is 3. The Kier molecular flexibility index (Phi) is 13.1. The van der Waals surface area contributed by atoms with Gasteiger partial charge in [0.1, 0.15) is 5.82 Å². The summed E-state index contributed by atoms with van der Waals surface area (Å²) in [4.78, 5) is 9.87. The van der Waals surface area contributed by atoms with Gasteiger partial charge in [0.15, 0.2) is 0 Å². The maximum atomic E-state index is 5.21. The number of nitrogens with zero attached hydrogens (tertiary/aromatic N) is 4. The van der Waals surface area contributed by atoms with Gasteiger partial charge in [-0.2, -0.15) is 42.5 Å². The molecule has 12 rings (SSSR count). The van der Waals surface area contributed by atoms with Crippen molar-refractivity contribution in [3.63, 3.8) is 0 Å². The predicted molar refractivity (Wildman–Crippen MR) is 312 cm³/mol. The van der Waals surface area contributed by atoms with E-state index in [-0.39, 0.29) is 31.9 Å². The molecule has 11 aromatic rings. The topological polar surface area (TPSA) is 24.3 Å². The second kappa shape index (κ2) is 19.7. The first-order valence-electron chi connectivity index (χ1n) is 26.2. The van der Waals surface area contributed by atoms with Gasteiger partial charge in [-0.15, -0.1) is 28.9 Å². The maximum absolute atomic E-state index is 5.21. The Morgan fingerprint density at radius 3 is 1.50 bits per heavy atom.